The first-order valence-electron chi connectivity index (χ1n) is 6.76. The lowest BCUT2D eigenvalue weighted by molar-refractivity contribution is 0.852. The predicted octanol–water partition coefficient (Wildman–Crippen LogP) is 3.15. The van der Waals surface area contributed by atoms with Crippen molar-refractivity contribution in [3.05, 3.63) is 63.0 Å². The van der Waals surface area contributed by atoms with Crippen molar-refractivity contribution in [2.24, 2.45) is 0 Å². The number of aromatic nitrogens is 3. The normalized spacial score (nSPS) is 11.1. The Labute approximate surface area is 130 Å². The zero-order valence-corrected chi connectivity index (χ0v) is 13.3. The molecule has 6 heteroatoms. The Morgan fingerprint density at radius 3 is 2.81 bits per heavy atom. The summed E-state index contributed by atoms with van der Waals surface area (Å²) >= 11 is 3.25. The first-order valence-corrected chi connectivity index (χ1v) is 8.73. The van der Waals surface area contributed by atoms with E-state index in [1.54, 1.807) is 17.8 Å². The molecule has 2 heterocycles. The molecule has 0 unspecified atom stereocenters. The van der Waals surface area contributed by atoms with Crippen LogP contribution in [0.2, 0.25) is 0 Å². The van der Waals surface area contributed by atoms with Crippen molar-refractivity contribution in [3.63, 3.8) is 0 Å². The summed E-state index contributed by atoms with van der Waals surface area (Å²) < 4.78 is 1.40. The minimum absolute atomic E-state index is 0.0914. The van der Waals surface area contributed by atoms with E-state index in [4.69, 9.17) is 0 Å². The number of thioether (sulfide) groups is 1. The third kappa shape index (κ3) is 3.33. The lowest BCUT2D eigenvalue weighted by Crippen LogP contribution is -2.15. The maximum absolute atomic E-state index is 12.0. The average Bonchev–Trinajstić information content (AvgIpc) is 2.92. The molecule has 0 radical (unpaired) electrons. The monoisotopic (exact) mass is 317 g/mol. The van der Waals surface area contributed by atoms with Gasteiger partial charge < -0.3 is 0 Å². The molecule has 0 aliphatic heterocycles. The topological polar surface area (TPSA) is 47.3 Å². The molecule has 0 saturated heterocycles. The Morgan fingerprint density at radius 1 is 1.24 bits per heavy atom. The van der Waals surface area contributed by atoms with Crippen molar-refractivity contribution >= 4 is 28.1 Å². The van der Waals surface area contributed by atoms with Crippen molar-refractivity contribution < 1.29 is 0 Å². The molecule has 108 valence electrons. The summed E-state index contributed by atoms with van der Waals surface area (Å²) in [5.41, 5.74) is 2.02. The van der Waals surface area contributed by atoms with Crippen LogP contribution in [0.25, 0.3) is 4.96 Å². The molecule has 0 bridgehead atoms. The van der Waals surface area contributed by atoms with Crippen LogP contribution in [0.1, 0.15) is 23.2 Å². The molecule has 0 aliphatic carbocycles. The molecule has 4 nitrogen and oxygen atoms in total. The Kier molecular flexibility index (Phi) is 4.36. The van der Waals surface area contributed by atoms with Crippen molar-refractivity contribution in [1.82, 2.24) is 14.6 Å². The Morgan fingerprint density at radius 2 is 2.05 bits per heavy atom. The molecule has 3 aromatic rings. The van der Waals surface area contributed by atoms with Gasteiger partial charge in [0.25, 0.3) is 5.56 Å². The lowest BCUT2D eigenvalue weighted by atomic mass is 10.2. The van der Waals surface area contributed by atoms with Gasteiger partial charge in [-0.05, 0) is 12.0 Å². The van der Waals surface area contributed by atoms with Crippen LogP contribution in [0.5, 0.6) is 0 Å². The van der Waals surface area contributed by atoms with Gasteiger partial charge in [0.15, 0.2) is 0 Å². The van der Waals surface area contributed by atoms with Crippen LogP contribution in [0.3, 0.4) is 0 Å². The maximum Gasteiger partial charge on any atom is 0.275 e. The highest BCUT2D eigenvalue weighted by atomic mass is 32.2. The third-order valence-electron chi connectivity index (χ3n) is 3.00. The SMILES string of the molecule is CCc1nn2c(=O)cc(CSCc3ccccc3)nc2s1. The smallest absolute Gasteiger partial charge is 0.267 e. The quantitative estimate of drug-likeness (QED) is 0.725. The molecule has 0 fully saturated rings. The molecular formula is C15H15N3OS2. The molecular weight excluding hydrogens is 302 g/mol. The standard InChI is InChI=1S/C15H15N3OS2/c1-2-13-17-18-14(19)8-12(16-15(18)21-13)10-20-9-11-6-4-3-5-7-11/h3-8H,2,9-10H2,1H3. The van der Waals surface area contributed by atoms with E-state index < -0.39 is 0 Å². The van der Waals surface area contributed by atoms with Crippen molar-refractivity contribution in [3.8, 4) is 0 Å². The van der Waals surface area contributed by atoms with Gasteiger partial charge in [0, 0.05) is 17.6 Å². The Bertz CT molecular complexity index is 796. The maximum atomic E-state index is 12.0. The molecule has 21 heavy (non-hydrogen) atoms. The second-order valence-electron chi connectivity index (χ2n) is 4.61. The van der Waals surface area contributed by atoms with Gasteiger partial charge in [-0.25, -0.2) is 4.98 Å². The van der Waals surface area contributed by atoms with Crippen LogP contribution < -0.4 is 5.56 Å². The Balaban J connectivity index is 1.74. The van der Waals surface area contributed by atoms with E-state index in [1.807, 2.05) is 25.1 Å². The summed E-state index contributed by atoms with van der Waals surface area (Å²) in [6.07, 6.45) is 0.825. The van der Waals surface area contributed by atoms with E-state index in [9.17, 15) is 4.79 Å². The van der Waals surface area contributed by atoms with Crippen LogP contribution in [0.4, 0.5) is 0 Å². The minimum Gasteiger partial charge on any atom is -0.267 e. The highest BCUT2D eigenvalue weighted by molar-refractivity contribution is 7.97. The molecule has 0 aliphatic rings. The first-order chi connectivity index (χ1) is 10.3. The van der Waals surface area contributed by atoms with Crippen molar-refractivity contribution in [2.45, 2.75) is 24.9 Å². The van der Waals surface area contributed by atoms with Gasteiger partial charge in [-0.2, -0.15) is 21.4 Å². The number of fused-ring (bicyclic) bond motifs is 1. The third-order valence-corrected chi connectivity index (χ3v) is 5.09. The van der Waals surface area contributed by atoms with Crippen LogP contribution in [-0.4, -0.2) is 14.6 Å². The highest BCUT2D eigenvalue weighted by Gasteiger charge is 2.08. The number of benzene rings is 1. The first kappa shape index (κ1) is 14.3. The largest absolute Gasteiger partial charge is 0.275 e. The number of hydrogen-bond acceptors (Lipinski definition) is 5. The summed E-state index contributed by atoms with van der Waals surface area (Å²) in [4.78, 5) is 17.2. The van der Waals surface area contributed by atoms with Gasteiger partial charge in [0.05, 0.1) is 5.69 Å². The zero-order valence-electron chi connectivity index (χ0n) is 11.7. The van der Waals surface area contributed by atoms with Gasteiger partial charge in [0.1, 0.15) is 5.01 Å². The van der Waals surface area contributed by atoms with Gasteiger partial charge in [-0.15, -0.1) is 0 Å². The van der Waals surface area contributed by atoms with E-state index in [0.717, 1.165) is 28.6 Å². The number of aryl methyl sites for hydroxylation is 1. The summed E-state index contributed by atoms with van der Waals surface area (Å²) in [5, 5.41) is 5.19. The van der Waals surface area contributed by atoms with E-state index in [1.165, 1.54) is 21.4 Å². The second kappa shape index (κ2) is 6.41. The second-order valence-corrected chi connectivity index (χ2v) is 6.63. The highest BCUT2D eigenvalue weighted by Crippen LogP contribution is 2.17. The molecule has 0 atom stereocenters. The van der Waals surface area contributed by atoms with E-state index in [-0.39, 0.29) is 5.56 Å². The number of rotatable bonds is 5. The van der Waals surface area contributed by atoms with Crippen LogP contribution in [0.15, 0.2) is 41.2 Å². The molecule has 0 amide bonds. The summed E-state index contributed by atoms with van der Waals surface area (Å²) in [6, 6.07) is 11.9. The number of nitrogens with zero attached hydrogens (tertiary/aromatic N) is 3. The average molecular weight is 317 g/mol. The van der Waals surface area contributed by atoms with E-state index >= 15 is 0 Å². The molecule has 0 spiro atoms. The van der Waals surface area contributed by atoms with E-state index in [2.05, 4.69) is 22.2 Å². The van der Waals surface area contributed by atoms with Gasteiger partial charge in [0.2, 0.25) is 4.96 Å². The fourth-order valence-electron chi connectivity index (χ4n) is 1.96. The fraction of sp³-hybridized carbons (Fsp3) is 0.267. The molecule has 1 aromatic carbocycles. The molecule has 0 saturated carbocycles. The van der Waals surface area contributed by atoms with Gasteiger partial charge >= 0.3 is 0 Å². The van der Waals surface area contributed by atoms with Crippen molar-refractivity contribution in [2.75, 3.05) is 0 Å². The van der Waals surface area contributed by atoms with Gasteiger partial charge in [-0.3, -0.25) is 4.79 Å². The lowest BCUT2D eigenvalue weighted by Gasteiger charge is -2.01. The molecule has 0 N–H and O–H groups in total. The van der Waals surface area contributed by atoms with Gasteiger partial charge in [-0.1, -0.05) is 48.6 Å². The minimum atomic E-state index is -0.0914. The molecule has 2 aromatic heterocycles. The zero-order chi connectivity index (χ0) is 14.7. The number of hydrogen-bond donors (Lipinski definition) is 0. The summed E-state index contributed by atoms with van der Waals surface area (Å²) in [7, 11) is 0. The summed E-state index contributed by atoms with van der Waals surface area (Å²) in [5.74, 6) is 1.66. The summed E-state index contributed by atoms with van der Waals surface area (Å²) in [6.45, 7) is 2.03. The van der Waals surface area contributed by atoms with Crippen LogP contribution in [0, 0.1) is 0 Å². The van der Waals surface area contributed by atoms with Crippen LogP contribution >= 0.6 is 23.1 Å². The Hall–Kier alpha value is -1.66. The fourth-order valence-corrected chi connectivity index (χ4v) is 3.71. The van der Waals surface area contributed by atoms with Crippen molar-refractivity contribution in [1.29, 1.82) is 0 Å². The van der Waals surface area contributed by atoms with Crippen LogP contribution in [-0.2, 0) is 17.9 Å². The van der Waals surface area contributed by atoms with E-state index in [0.29, 0.717) is 4.96 Å². The predicted molar refractivity (Wildman–Crippen MR) is 88.0 cm³/mol. The molecule has 3 rings (SSSR count).